The van der Waals surface area contributed by atoms with Gasteiger partial charge in [-0.05, 0) is 56.6 Å². The van der Waals surface area contributed by atoms with Gasteiger partial charge in [-0.3, -0.25) is 4.99 Å². The highest BCUT2D eigenvalue weighted by molar-refractivity contribution is 5.97. The van der Waals surface area contributed by atoms with Crippen molar-refractivity contribution >= 4 is 17.1 Å². The first-order valence-corrected chi connectivity index (χ1v) is 9.74. The van der Waals surface area contributed by atoms with E-state index in [1.807, 2.05) is 6.07 Å². The summed E-state index contributed by atoms with van der Waals surface area (Å²) in [7, 11) is 1.57. The van der Waals surface area contributed by atoms with Crippen LogP contribution in [0.4, 0.5) is 24.5 Å². The molecule has 3 N–H and O–H groups in total. The van der Waals surface area contributed by atoms with Gasteiger partial charge in [-0.25, -0.2) is 0 Å². The number of ether oxygens (including phenoxy) is 1. The molecule has 0 amide bonds. The minimum atomic E-state index is -4.56. The van der Waals surface area contributed by atoms with Crippen LogP contribution in [0.1, 0.15) is 51.4 Å². The zero-order chi connectivity index (χ0) is 20.4. The Morgan fingerprint density at radius 1 is 1.29 bits per heavy atom. The molecule has 3 atom stereocenters. The third kappa shape index (κ3) is 4.27. The monoisotopic (exact) mass is 400 g/mol. The lowest BCUT2D eigenvalue weighted by Crippen LogP contribution is -2.48. The molecule has 2 aliphatic rings. The number of benzene rings is 1. The number of unbranched alkanes of at least 4 members (excludes halogenated alkanes) is 2. The van der Waals surface area contributed by atoms with Crippen molar-refractivity contribution in [2.24, 2.45) is 10.9 Å². The standard InChI is InChI=1S/C20H27F3N2O3/c1-28-14-9-10-15-17(12-14)25-18(26)16(24-15)8-4-2-3-6-13-7-5-11-19(13,27)20(21,22)23/h9-10,12-13,18,25-27H,2-8,11H2,1H3/t13-,18?,19-/m1/s1. The van der Waals surface area contributed by atoms with Crippen molar-refractivity contribution in [3.05, 3.63) is 18.2 Å². The molecular weight excluding hydrogens is 373 g/mol. The Bertz CT molecular complexity index is 723. The fraction of sp³-hybridized carbons (Fsp3) is 0.650. The number of fused-ring (bicyclic) bond motifs is 1. The van der Waals surface area contributed by atoms with Crippen LogP contribution in [0.15, 0.2) is 23.2 Å². The zero-order valence-electron chi connectivity index (χ0n) is 15.9. The summed E-state index contributed by atoms with van der Waals surface area (Å²) in [4.78, 5) is 4.49. The number of nitrogens with zero attached hydrogens (tertiary/aromatic N) is 1. The Morgan fingerprint density at radius 2 is 2.07 bits per heavy atom. The molecule has 28 heavy (non-hydrogen) atoms. The predicted molar refractivity (Wildman–Crippen MR) is 101 cm³/mol. The highest BCUT2D eigenvalue weighted by Gasteiger charge is 2.59. The van der Waals surface area contributed by atoms with Gasteiger partial charge < -0.3 is 20.3 Å². The lowest BCUT2D eigenvalue weighted by atomic mass is 9.86. The summed E-state index contributed by atoms with van der Waals surface area (Å²) >= 11 is 0. The van der Waals surface area contributed by atoms with Gasteiger partial charge in [-0.1, -0.05) is 12.8 Å². The predicted octanol–water partition coefficient (Wildman–Crippen LogP) is 4.56. The summed E-state index contributed by atoms with van der Waals surface area (Å²) in [6, 6.07) is 5.37. The van der Waals surface area contributed by atoms with Crippen LogP contribution >= 0.6 is 0 Å². The van der Waals surface area contributed by atoms with Crippen molar-refractivity contribution in [3.8, 4) is 5.75 Å². The fourth-order valence-electron chi connectivity index (χ4n) is 4.19. The van der Waals surface area contributed by atoms with Crippen LogP contribution in [0.25, 0.3) is 0 Å². The summed E-state index contributed by atoms with van der Waals surface area (Å²) in [6.07, 6.45) is -1.80. The number of alkyl halides is 3. The molecule has 1 fully saturated rings. The summed E-state index contributed by atoms with van der Waals surface area (Å²) in [5.41, 5.74) is -0.485. The van der Waals surface area contributed by atoms with E-state index >= 15 is 0 Å². The number of rotatable bonds is 7. The van der Waals surface area contributed by atoms with E-state index in [0.717, 1.165) is 18.5 Å². The molecule has 1 aromatic carbocycles. The number of hydrogen-bond donors (Lipinski definition) is 3. The zero-order valence-corrected chi connectivity index (χ0v) is 15.9. The van der Waals surface area contributed by atoms with E-state index in [2.05, 4.69) is 10.3 Å². The van der Waals surface area contributed by atoms with Gasteiger partial charge in [0.2, 0.25) is 0 Å². The van der Waals surface area contributed by atoms with Gasteiger partial charge in [-0.15, -0.1) is 0 Å². The van der Waals surface area contributed by atoms with Crippen molar-refractivity contribution in [1.82, 2.24) is 0 Å². The number of aliphatic hydroxyl groups excluding tert-OH is 1. The van der Waals surface area contributed by atoms with E-state index in [1.54, 1.807) is 19.2 Å². The van der Waals surface area contributed by atoms with Gasteiger partial charge in [0.1, 0.15) is 5.75 Å². The Balaban J connectivity index is 1.48. The summed E-state index contributed by atoms with van der Waals surface area (Å²) in [5.74, 6) is -0.0449. The van der Waals surface area contributed by atoms with E-state index < -0.39 is 23.9 Å². The normalized spacial score (nSPS) is 27.1. The second-order valence-corrected chi connectivity index (χ2v) is 7.64. The first-order chi connectivity index (χ1) is 13.2. The van der Waals surface area contributed by atoms with Crippen LogP contribution in [0.2, 0.25) is 0 Å². The third-order valence-corrected chi connectivity index (χ3v) is 5.84. The fourth-order valence-corrected chi connectivity index (χ4v) is 4.19. The SMILES string of the molecule is COc1ccc2c(c1)NC(O)C(CCCCC[C@@H]1CCC[C@]1(O)C(F)(F)F)=N2. The van der Waals surface area contributed by atoms with E-state index in [4.69, 9.17) is 4.74 Å². The summed E-state index contributed by atoms with van der Waals surface area (Å²) in [5, 5.41) is 23.2. The summed E-state index contributed by atoms with van der Waals surface area (Å²) in [6.45, 7) is 0. The molecule has 0 spiro atoms. The van der Waals surface area contributed by atoms with Gasteiger partial charge in [-0.2, -0.15) is 13.2 Å². The van der Waals surface area contributed by atoms with Crippen LogP contribution < -0.4 is 10.1 Å². The molecule has 156 valence electrons. The van der Waals surface area contributed by atoms with Crippen LogP contribution in [0, 0.1) is 5.92 Å². The average molecular weight is 400 g/mol. The highest BCUT2D eigenvalue weighted by atomic mass is 19.4. The molecule has 5 nitrogen and oxygen atoms in total. The molecule has 8 heteroatoms. The smallest absolute Gasteiger partial charge is 0.417 e. The Labute approximate surface area is 162 Å². The molecular formula is C20H27F3N2O3. The molecule has 1 aliphatic heterocycles. The molecule has 0 saturated heterocycles. The first-order valence-electron chi connectivity index (χ1n) is 9.74. The molecule has 0 radical (unpaired) electrons. The van der Waals surface area contributed by atoms with Crippen molar-refractivity contribution in [3.63, 3.8) is 0 Å². The number of nitrogens with one attached hydrogen (secondary N) is 1. The highest BCUT2D eigenvalue weighted by Crippen LogP contribution is 2.48. The van der Waals surface area contributed by atoms with Gasteiger partial charge >= 0.3 is 6.18 Å². The minimum Gasteiger partial charge on any atom is -0.497 e. The molecule has 0 aromatic heterocycles. The topological polar surface area (TPSA) is 74.1 Å². The molecule has 1 saturated carbocycles. The van der Waals surface area contributed by atoms with Crippen LogP contribution in [-0.2, 0) is 0 Å². The van der Waals surface area contributed by atoms with Crippen molar-refractivity contribution < 1.29 is 28.1 Å². The second-order valence-electron chi connectivity index (χ2n) is 7.64. The summed E-state index contributed by atoms with van der Waals surface area (Å²) < 4.78 is 44.5. The number of hydrogen-bond acceptors (Lipinski definition) is 5. The number of methoxy groups -OCH3 is 1. The maximum absolute atomic E-state index is 13.1. The van der Waals surface area contributed by atoms with Crippen LogP contribution in [-0.4, -0.2) is 41.0 Å². The Morgan fingerprint density at radius 3 is 2.79 bits per heavy atom. The van der Waals surface area contributed by atoms with Gasteiger partial charge in [0.05, 0.1) is 24.2 Å². The van der Waals surface area contributed by atoms with Crippen molar-refractivity contribution in [2.45, 2.75) is 69.4 Å². The van der Waals surface area contributed by atoms with Gasteiger partial charge in [0.25, 0.3) is 0 Å². The minimum absolute atomic E-state index is 0.194. The molecule has 3 rings (SSSR count). The second kappa shape index (κ2) is 8.29. The maximum Gasteiger partial charge on any atom is 0.417 e. The molecule has 0 bridgehead atoms. The molecule has 1 unspecified atom stereocenters. The maximum atomic E-state index is 13.1. The van der Waals surface area contributed by atoms with Gasteiger partial charge in [0.15, 0.2) is 11.8 Å². The van der Waals surface area contributed by atoms with E-state index in [9.17, 15) is 23.4 Å². The lowest BCUT2D eigenvalue weighted by molar-refractivity contribution is -0.273. The largest absolute Gasteiger partial charge is 0.497 e. The Hall–Kier alpha value is -1.80. The van der Waals surface area contributed by atoms with Gasteiger partial charge in [0, 0.05) is 6.07 Å². The third-order valence-electron chi connectivity index (χ3n) is 5.84. The molecule has 1 aliphatic carbocycles. The molecule has 1 aromatic rings. The Kier molecular flexibility index (Phi) is 6.19. The number of aliphatic hydroxyl groups is 2. The first kappa shape index (κ1) is 20.9. The average Bonchev–Trinajstić information content (AvgIpc) is 3.03. The number of aliphatic imine (C=N–C) groups is 1. The molecule has 1 heterocycles. The van der Waals surface area contributed by atoms with E-state index in [1.165, 1.54) is 0 Å². The van der Waals surface area contributed by atoms with Crippen molar-refractivity contribution in [1.29, 1.82) is 0 Å². The van der Waals surface area contributed by atoms with E-state index in [-0.39, 0.29) is 6.42 Å². The lowest BCUT2D eigenvalue weighted by Gasteiger charge is -2.32. The van der Waals surface area contributed by atoms with Crippen LogP contribution in [0.3, 0.4) is 0 Å². The number of halogens is 3. The number of anilines is 1. The van der Waals surface area contributed by atoms with E-state index in [0.29, 0.717) is 49.3 Å². The van der Waals surface area contributed by atoms with Crippen LogP contribution in [0.5, 0.6) is 5.75 Å². The quantitative estimate of drug-likeness (QED) is 0.587. The van der Waals surface area contributed by atoms with Crippen molar-refractivity contribution in [2.75, 3.05) is 12.4 Å².